The minimum atomic E-state index is -0.00996. The van der Waals surface area contributed by atoms with Crippen LogP contribution in [0.25, 0.3) is 22.4 Å². The third-order valence-corrected chi connectivity index (χ3v) is 6.90. The molecule has 0 aliphatic heterocycles. The molecule has 0 unspecified atom stereocenters. The first-order valence-corrected chi connectivity index (χ1v) is 12.7. The van der Waals surface area contributed by atoms with Crippen LogP contribution < -0.4 is 5.32 Å². The number of aryl methyl sites for hydroxylation is 1. The average Bonchev–Trinajstić information content (AvgIpc) is 3.26. The van der Waals surface area contributed by atoms with Gasteiger partial charge in [-0.25, -0.2) is 4.98 Å². The predicted octanol–water partition coefficient (Wildman–Crippen LogP) is 5.80. The molecule has 0 fully saturated rings. The van der Waals surface area contributed by atoms with E-state index in [2.05, 4.69) is 46.7 Å². The number of benzene rings is 3. The lowest BCUT2D eigenvalue weighted by atomic mass is 10.0. The molecule has 178 valence electrons. The Morgan fingerprint density at radius 2 is 1.54 bits per heavy atom. The number of imidazole rings is 1. The monoisotopic (exact) mass is 483 g/mol. The normalized spacial score (nSPS) is 10.8. The zero-order valence-corrected chi connectivity index (χ0v) is 20.8. The molecule has 0 aliphatic rings. The summed E-state index contributed by atoms with van der Waals surface area (Å²) in [6, 6.07) is 26.5. The van der Waals surface area contributed by atoms with Gasteiger partial charge in [0.05, 0.1) is 17.6 Å². The minimum absolute atomic E-state index is 0.00996. The quantitative estimate of drug-likeness (QED) is 0.176. The molecule has 3 aromatic carbocycles. The molecule has 0 saturated carbocycles. The van der Waals surface area contributed by atoms with E-state index in [1.54, 1.807) is 0 Å². The van der Waals surface area contributed by atoms with Crippen molar-refractivity contribution in [1.29, 1.82) is 0 Å². The highest BCUT2D eigenvalue weighted by Crippen LogP contribution is 2.28. The van der Waals surface area contributed by atoms with Gasteiger partial charge in [-0.1, -0.05) is 90.6 Å². The fraction of sp³-hybridized carbons (Fsp3) is 0.207. The lowest BCUT2D eigenvalue weighted by Gasteiger charge is -2.08. The summed E-state index contributed by atoms with van der Waals surface area (Å²) in [5, 5.41) is 3.61. The lowest BCUT2D eigenvalue weighted by molar-refractivity contribution is -0.118. The van der Waals surface area contributed by atoms with E-state index in [-0.39, 0.29) is 11.7 Å². The number of aromatic nitrogens is 2. The van der Waals surface area contributed by atoms with Crippen LogP contribution in [0.3, 0.4) is 0 Å². The van der Waals surface area contributed by atoms with Gasteiger partial charge in [0, 0.05) is 26.1 Å². The third kappa shape index (κ3) is 6.49. The average molecular weight is 484 g/mol. The second-order valence-corrected chi connectivity index (χ2v) is 9.37. The molecular formula is C29H29N3O2S. The number of amides is 1. The van der Waals surface area contributed by atoms with E-state index < -0.39 is 0 Å². The first kappa shape index (κ1) is 24.5. The first-order valence-electron chi connectivity index (χ1n) is 11.7. The summed E-state index contributed by atoms with van der Waals surface area (Å²) in [6.07, 6.45) is 3.60. The molecule has 4 aromatic rings. The van der Waals surface area contributed by atoms with E-state index in [1.807, 2.05) is 60.3 Å². The first-order chi connectivity index (χ1) is 17.0. The largest absolute Gasteiger partial charge is 0.356 e. The Hall–Kier alpha value is -3.64. The summed E-state index contributed by atoms with van der Waals surface area (Å²) in [6.45, 7) is 2.18. The van der Waals surface area contributed by atoms with E-state index in [1.165, 1.54) is 29.8 Å². The van der Waals surface area contributed by atoms with E-state index >= 15 is 0 Å². The summed E-state index contributed by atoms with van der Waals surface area (Å²) in [5.74, 6) is 0.403. The van der Waals surface area contributed by atoms with E-state index in [9.17, 15) is 9.59 Å². The van der Waals surface area contributed by atoms with Crippen LogP contribution in [-0.4, -0.2) is 33.5 Å². The molecule has 1 N–H and O–H groups in total. The van der Waals surface area contributed by atoms with Gasteiger partial charge in [0.25, 0.3) is 0 Å². The number of carbonyl (C=O) groups excluding carboxylic acids is 2. The maximum atomic E-state index is 12.7. The van der Waals surface area contributed by atoms with Crippen LogP contribution in [0, 0.1) is 0 Å². The van der Waals surface area contributed by atoms with Crippen LogP contribution in [-0.2, 0) is 18.3 Å². The van der Waals surface area contributed by atoms with Gasteiger partial charge in [-0.15, -0.1) is 0 Å². The summed E-state index contributed by atoms with van der Waals surface area (Å²) in [7, 11) is 1.98. The lowest BCUT2D eigenvalue weighted by Crippen LogP contribution is -2.21. The SMILES string of the molecule is CC(=O)NCCCc1ccc(C(=O)CSc2ncc(-c3ccc(-c4ccccc4)cc3)n2C)cc1. The minimum Gasteiger partial charge on any atom is -0.356 e. The maximum absolute atomic E-state index is 12.7. The van der Waals surface area contributed by atoms with Crippen molar-refractivity contribution in [3.05, 3.63) is 96.2 Å². The number of nitrogens with one attached hydrogen (secondary N) is 1. The van der Waals surface area contributed by atoms with Crippen LogP contribution in [0.5, 0.6) is 0 Å². The number of Topliss-reactive ketones (excluding diaryl/α,β-unsaturated/α-hetero) is 1. The Kier molecular flexibility index (Phi) is 8.16. The second-order valence-electron chi connectivity index (χ2n) is 8.42. The number of thioether (sulfide) groups is 1. The molecule has 1 heterocycles. The Morgan fingerprint density at radius 1 is 0.886 bits per heavy atom. The number of hydrogen-bond donors (Lipinski definition) is 1. The van der Waals surface area contributed by atoms with Crippen LogP contribution in [0.15, 0.2) is 90.2 Å². The van der Waals surface area contributed by atoms with Crippen molar-refractivity contribution in [2.24, 2.45) is 7.05 Å². The number of carbonyl (C=O) groups is 2. The van der Waals surface area contributed by atoms with Crippen molar-refractivity contribution in [2.75, 3.05) is 12.3 Å². The smallest absolute Gasteiger partial charge is 0.216 e. The Labute approximate surface area is 210 Å². The summed E-state index contributed by atoms with van der Waals surface area (Å²) >= 11 is 1.45. The molecule has 0 spiro atoms. The van der Waals surface area contributed by atoms with Gasteiger partial charge in [-0.05, 0) is 35.1 Å². The van der Waals surface area contributed by atoms with Gasteiger partial charge in [0.15, 0.2) is 10.9 Å². The molecule has 0 aliphatic carbocycles. The Morgan fingerprint density at radius 3 is 2.23 bits per heavy atom. The summed E-state index contributed by atoms with van der Waals surface area (Å²) in [4.78, 5) is 28.2. The molecular weight excluding hydrogens is 454 g/mol. The van der Waals surface area contributed by atoms with Crippen molar-refractivity contribution in [3.63, 3.8) is 0 Å². The number of nitrogens with zero attached hydrogens (tertiary/aromatic N) is 2. The zero-order valence-electron chi connectivity index (χ0n) is 20.0. The predicted molar refractivity (Wildman–Crippen MR) is 143 cm³/mol. The summed E-state index contributed by atoms with van der Waals surface area (Å²) < 4.78 is 2.04. The molecule has 0 saturated heterocycles. The van der Waals surface area contributed by atoms with Crippen LogP contribution >= 0.6 is 11.8 Å². The van der Waals surface area contributed by atoms with Crippen molar-refractivity contribution in [3.8, 4) is 22.4 Å². The fourth-order valence-corrected chi connectivity index (χ4v) is 4.73. The van der Waals surface area contributed by atoms with E-state index in [4.69, 9.17) is 0 Å². The fourth-order valence-electron chi connectivity index (χ4n) is 3.89. The standard InChI is InChI=1S/C29H29N3O2S/c1-21(33)30-18-6-7-22-10-12-26(13-11-22)28(34)20-35-29-31-19-27(32(29)2)25-16-14-24(15-17-25)23-8-4-3-5-9-23/h3-5,8-17,19H,6-7,18,20H2,1-2H3,(H,30,33). The number of ketones is 1. The van der Waals surface area contributed by atoms with Gasteiger partial charge in [-0.2, -0.15) is 0 Å². The van der Waals surface area contributed by atoms with Crippen LogP contribution in [0.1, 0.15) is 29.3 Å². The molecule has 6 heteroatoms. The Balaban J connectivity index is 1.33. The molecule has 0 radical (unpaired) electrons. The molecule has 35 heavy (non-hydrogen) atoms. The van der Waals surface area contributed by atoms with Crippen LogP contribution in [0.4, 0.5) is 0 Å². The maximum Gasteiger partial charge on any atom is 0.216 e. The molecule has 1 aromatic heterocycles. The molecule has 0 atom stereocenters. The molecule has 0 bridgehead atoms. The van der Waals surface area contributed by atoms with Crippen molar-refractivity contribution in [2.45, 2.75) is 24.9 Å². The number of rotatable bonds is 10. The number of hydrogen-bond acceptors (Lipinski definition) is 4. The van der Waals surface area contributed by atoms with Gasteiger partial charge in [-0.3, -0.25) is 9.59 Å². The van der Waals surface area contributed by atoms with E-state index in [0.717, 1.165) is 34.8 Å². The van der Waals surface area contributed by atoms with Crippen molar-refractivity contribution >= 4 is 23.5 Å². The highest BCUT2D eigenvalue weighted by atomic mass is 32.2. The van der Waals surface area contributed by atoms with Gasteiger partial charge in [0.1, 0.15) is 0 Å². The molecule has 4 rings (SSSR count). The van der Waals surface area contributed by atoms with Gasteiger partial charge < -0.3 is 9.88 Å². The van der Waals surface area contributed by atoms with E-state index in [0.29, 0.717) is 17.9 Å². The van der Waals surface area contributed by atoms with Crippen molar-refractivity contribution in [1.82, 2.24) is 14.9 Å². The second kappa shape index (κ2) is 11.7. The Bertz CT molecular complexity index is 1280. The molecule has 1 amide bonds. The topological polar surface area (TPSA) is 64.0 Å². The van der Waals surface area contributed by atoms with Gasteiger partial charge in [0.2, 0.25) is 5.91 Å². The highest BCUT2D eigenvalue weighted by Gasteiger charge is 2.13. The zero-order chi connectivity index (χ0) is 24.6. The van der Waals surface area contributed by atoms with Crippen molar-refractivity contribution < 1.29 is 9.59 Å². The third-order valence-electron chi connectivity index (χ3n) is 5.86. The molecule has 5 nitrogen and oxygen atoms in total. The van der Waals surface area contributed by atoms with Crippen LogP contribution in [0.2, 0.25) is 0 Å². The summed E-state index contributed by atoms with van der Waals surface area (Å²) in [5.41, 5.74) is 6.34. The highest BCUT2D eigenvalue weighted by molar-refractivity contribution is 7.99. The van der Waals surface area contributed by atoms with Gasteiger partial charge >= 0.3 is 0 Å².